The Bertz CT molecular complexity index is 630. The minimum absolute atomic E-state index is 0.235. The number of ether oxygens (including phenoxy) is 1. The van der Waals surface area contributed by atoms with Crippen molar-refractivity contribution in [1.29, 1.82) is 0 Å². The summed E-state index contributed by atoms with van der Waals surface area (Å²) in [6.07, 6.45) is 6.58. The van der Waals surface area contributed by atoms with Crippen molar-refractivity contribution in [3.63, 3.8) is 0 Å². The van der Waals surface area contributed by atoms with Crippen molar-refractivity contribution in [2.45, 2.75) is 52.9 Å². The highest BCUT2D eigenvalue weighted by molar-refractivity contribution is 5.69. The van der Waals surface area contributed by atoms with Crippen LogP contribution in [0.5, 0.6) is 5.75 Å². The number of hydrogen-bond donors (Lipinski definition) is 1. The zero-order valence-corrected chi connectivity index (χ0v) is 15.1. The average molecular weight is 327 g/mol. The lowest BCUT2D eigenvalue weighted by atomic mass is 9.94. The van der Waals surface area contributed by atoms with Crippen LogP contribution in [0.1, 0.15) is 50.3 Å². The Morgan fingerprint density at radius 2 is 1.71 bits per heavy atom. The van der Waals surface area contributed by atoms with E-state index in [4.69, 9.17) is 14.8 Å². The number of aliphatic hydroxyl groups excluding tert-OH is 1. The van der Waals surface area contributed by atoms with Crippen molar-refractivity contribution in [3.8, 4) is 17.0 Å². The first-order valence-corrected chi connectivity index (χ1v) is 9.08. The zero-order chi connectivity index (χ0) is 17.4. The second kappa shape index (κ2) is 9.43. The van der Waals surface area contributed by atoms with Gasteiger partial charge in [-0.2, -0.15) is 0 Å². The highest BCUT2D eigenvalue weighted by atomic mass is 16.5. The molecule has 130 valence electrons. The molecule has 3 heteroatoms. The predicted octanol–water partition coefficient (Wildman–Crippen LogP) is 4.59. The second-order valence-corrected chi connectivity index (χ2v) is 5.95. The third kappa shape index (κ3) is 4.35. The molecule has 0 amide bonds. The first-order chi connectivity index (χ1) is 11.7. The molecule has 0 aliphatic carbocycles. The third-order valence-corrected chi connectivity index (χ3v) is 4.35. The van der Waals surface area contributed by atoms with Gasteiger partial charge in [0.1, 0.15) is 5.75 Å². The first-order valence-electron chi connectivity index (χ1n) is 9.08. The maximum atomic E-state index is 8.98. The molecule has 24 heavy (non-hydrogen) atoms. The van der Waals surface area contributed by atoms with E-state index in [1.807, 2.05) is 13.1 Å². The fraction of sp³-hybridized carbons (Fsp3) is 0.476. The van der Waals surface area contributed by atoms with Gasteiger partial charge in [-0.15, -0.1) is 0 Å². The Balaban J connectivity index is 2.43. The summed E-state index contributed by atoms with van der Waals surface area (Å²) in [6, 6.07) is 8.59. The van der Waals surface area contributed by atoms with Gasteiger partial charge in [0.2, 0.25) is 0 Å². The molecule has 1 aromatic carbocycles. The van der Waals surface area contributed by atoms with Gasteiger partial charge >= 0.3 is 0 Å². The molecule has 0 aliphatic heterocycles. The van der Waals surface area contributed by atoms with Gasteiger partial charge in [-0.3, -0.25) is 4.98 Å². The van der Waals surface area contributed by atoms with Gasteiger partial charge in [0.05, 0.1) is 12.3 Å². The van der Waals surface area contributed by atoms with E-state index in [0.29, 0.717) is 6.61 Å². The molecule has 3 nitrogen and oxygen atoms in total. The topological polar surface area (TPSA) is 42.4 Å². The SMILES string of the molecule is CCOc1cc(-c2c(CC)cccc2CC)ncc1CCCCO. The molecule has 1 aromatic heterocycles. The molecular weight excluding hydrogens is 298 g/mol. The second-order valence-electron chi connectivity index (χ2n) is 5.95. The molecule has 0 atom stereocenters. The number of aliphatic hydroxyl groups is 1. The summed E-state index contributed by atoms with van der Waals surface area (Å²) < 4.78 is 5.87. The Kier molecular flexibility index (Phi) is 7.26. The Labute approximate surface area is 145 Å². The Hall–Kier alpha value is -1.87. The van der Waals surface area contributed by atoms with E-state index in [-0.39, 0.29) is 6.61 Å². The highest BCUT2D eigenvalue weighted by Crippen LogP contribution is 2.31. The van der Waals surface area contributed by atoms with Crippen LogP contribution in [0.25, 0.3) is 11.3 Å². The van der Waals surface area contributed by atoms with Crippen molar-refractivity contribution >= 4 is 0 Å². The summed E-state index contributed by atoms with van der Waals surface area (Å²) >= 11 is 0. The van der Waals surface area contributed by atoms with Crippen molar-refractivity contribution in [2.75, 3.05) is 13.2 Å². The van der Waals surface area contributed by atoms with Crippen LogP contribution < -0.4 is 4.74 Å². The van der Waals surface area contributed by atoms with E-state index >= 15 is 0 Å². The molecule has 0 aliphatic rings. The summed E-state index contributed by atoms with van der Waals surface area (Å²) in [5, 5.41) is 8.98. The molecule has 0 bridgehead atoms. The minimum atomic E-state index is 0.235. The highest BCUT2D eigenvalue weighted by Gasteiger charge is 2.13. The number of nitrogens with zero attached hydrogens (tertiary/aromatic N) is 1. The van der Waals surface area contributed by atoms with Gasteiger partial charge in [-0.1, -0.05) is 32.0 Å². The first kappa shape index (κ1) is 18.5. The van der Waals surface area contributed by atoms with Gasteiger partial charge in [0.15, 0.2) is 0 Å². The molecule has 2 aromatic rings. The van der Waals surface area contributed by atoms with Gasteiger partial charge in [0.25, 0.3) is 0 Å². The van der Waals surface area contributed by atoms with E-state index in [1.54, 1.807) is 0 Å². The lowest BCUT2D eigenvalue weighted by Crippen LogP contribution is -2.02. The molecule has 0 saturated carbocycles. The van der Waals surface area contributed by atoms with Crippen molar-refractivity contribution in [1.82, 2.24) is 4.98 Å². The molecule has 0 radical (unpaired) electrons. The predicted molar refractivity (Wildman–Crippen MR) is 99.6 cm³/mol. The number of unbranched alkanes of at least 4 members (excludes halogenated alkanes) is 1. The molecule has 1 N–H and O–H groups in total. The summed E-state index contributed by atoms with van der Waals surface area (Å²) in [5.41, 5.74) is 6.04. The van der Waals surface area contributed by atoms with E-state index in [9.17, 15) is 0 Å². The lowest BCUT2D eigenvalue weighted by molar-refractivity contribution is 0.284. The van der Waals surface area contributed by atoms with Gasteiger partial charge < -0.3 is 9.84 Å². The summed E-state index contributed by atoms with van der Waals surface area (Å²) in [7, 11) is 0. The fourth-order valence-electron chi connectivity index (χ4n) is 3.08. The van der Waals surface area contributed by atoms with Crippen LogP contribution in [-0.4, -0.2) is 23.3 Å². The molecule has 0 fully saturated rings. The fourth-order valence-corrected chi connectivity index (χ4v) is 3.08. The normalized spacial score (nSPS) is 10.8. The van der Waals surface area contributed by atoms with E-state index < -0.39 is 0 Å². The molecule has 0 spiro atoms. The van der Waals surface area contributed by atoms with Crippen LogP contribution in [0.4, 0.5) is 0 Å². The number of rotatable bonds is 9. The van der Waals surface area contributed by atoms with Gasteiger partial charge in [-0.25, -0.2) is 0 Å². The lowest BCUT2D eigenvalue weighted by Gasteiger charge is -2.16. The summed E-state index contributed by atoms with van der Waals surface area (Å²) in [5.74, 6) is 0.924. The molecule has 0 unspecified atom stereocenters. The van der Waals surface area contributed by atoms with Crippen LogP contribution in [0.2, 0.25) is 0 Å². The number of hydrogen-bond acceptors (Lipinski definition) is 3. The smallest absolute Gasteiger partial charge is 0.126 e. The van der Waals surface area contributed by atoms with E-state index in [0.717, 1.165) is 49.1 Å². The van der Waals surface area contributed by atoms with Crippen molar-refractivity contribution in [3.05, 3.63) is 47.2 Å². The maximum absolute atomic E-state index is 8.98. The van der Waals surface area contributed by atoms with Gasteiger partial charge in [0, 0.05) is 30.0 Å². The monoisotopic (exact) mass is 327 g/mol. The Morgan fingerprint density at radius 3 is 2.29 bits per heavy atom. The van der Waals surface area contributed by atoms with Crippen LogP contribution in [0, 0.1) is 0 Å². The maximum Gasteiger partial charge on any atom is 0.126 e. The summed E-state index contributed by atoms with van der Waals surface area (Å²) in [4.78, 5) is 4.75. The van der Waals surface area contributed by atoms with Crippen molar-refractivity contribution < 1.29 is 9.84 Å². The third-order valence-electron chi connectivity index (χ3n) is 4.35. The standard InChI is InChI=1S/C21H29NO2/c1-4-16-11-9-12-17(5-2)21(16)19-14-20(24-6-3)18(15-22-19)10-7-8-13-23/h9,11-12,14-15,23H,4-8,10,13H2,1-3H3. The number of pyridine rings is 1. The van der Waals surface area contributed by atoms with E-state index in [1.165, 1.54) is 16.7 Å². The molecule has 1 heterocycles. The zero-order valence-electron chi connectivity index (χ0n) is 15.1. The molecule has 2 rings (SSSR count). The Morgan fingerprint density at radius 1 is 1.00 bits per heavy atom. The van der Waals surface area contributed by atoms with Crippen LogP contribution in [0.15, 0.2) is 30.5 Å². The quantitative estimate of drug-likeness (QED) is 0.685. The largest absolute Gasteiger partial charge is 0.493 e. The minimum Gasteiger partial charge on any atom is -0.493 e. The van der Waals surface area contributed by atoms with Crippen LogP contribution >= 0.6 is 0 Å². The van der Waals surface area contributed by atoms with E-state index in [2.05, 4.69) is 38.1 Å². The number of aromatic nitrogens is 1. The molecule has 0 saturated heterocycles. The number of benzene rings is 1. The summed E-state index contributed by atoms with van der Waals surface area (Å²) in [6.45, 7) is 7.26. The van der Waals surface area contributed by atoms with Crippen LogP contribution in [-0.2, 0) is 19.3 Å². The molecular formula is C21H29NO2. The van der Waals surface area contributed by atoms with Gasteiger partial charge in [-0.05, 0) is 50.2 Å². The number of aryl methyl sites for hydroxylation is 3. The average Bonchev–Trinajstić information content (AvgIpc) is 2.62. The van der Waals surface area contributed by atoms with Crippen molar-refractivity contribution in [2.24, 2.45) is 0 Å². The van der Waals surface area contributed by atoms with Crippen LogP contribution in [0.3, 0.4) is 0 Å².